The molecule has 3 aromatic heterocycles. The van der Waals surface area contributed by atoms with Crippen molar-refractivity contribution in [1.82, 2.24) is 19.6 Å². The Hall–Kier alpha value is -2.47. The maximum absolute atomic E-state index is 10.7. The van der Waals surface area contributed by atoms with Gasteiger partial charge in [-0.2, -0.15) is 5.10 Å². The molecule has 0 aliphatic carbocycles. The summed E-state index contributed by atoms with van der Waals surface area (Å²) in [7, 11) is 0. The van der Waals surface area contributed by atoms with Crippen LogP contribution < -0.4 is 0 Å². The number of hydrogen-bond donors (Lipinski definition) is 1. The van der Waals surface area contributed by atoms with Gasteiger partial charge in [0.25, 0.3) is 0 Å². The molecule has 0 bridgehead atoms. The number of carboxylic acids is 1. The summed E-state index contributed by atoms with van der Waals surface area (Å²) in [6, 6.07) is 6.93. The van der Waals surface area contributed by atoms with Crippen molar-refractivity contribution in [3.05, 3.63) is 47.5 Å². The minimum atomic E-state index is -0.954. The third-order valence-electron chi connectivity index (χ3n) is 2.73. The average molecular weight is 289 g/mol. The van der Waals surface area contributed by atoms with Gasteiger partial charge in [0.05, 0.1) is 17.8 Å². The van der Waals surface area contributed by atoms with Gasteiger partial charge in [0, 0.05) is 24.0 Å². The molecule has 6 nitrogen and oxygen atoms in total. The van der Waals surface area contributed by atoms with Crippen molar-refractivity contribution in [2.75, 3.05) is 0 Å². The van der Waals surface area contributed by atoms with Gasteiger partial charge in [-0.05, 0) is 18.2 Å². The minimum absolute atomic E-state index is 0.177. The molecule has 0 aliphatic rings. The Morgan fingerprint density at radius 1 is 1.40 bits per heavy atom. The van der Waals surface area contributed by atoms with E-state index in [1.54, 1.807) is 18.5 Å². The van der Waals surface area contributed by atoms with Crippen LogP contribution in [-0.4, -0.2) is 30.7 Å². The lowest BCUT2D eigenvalue weighted by atomic mass is 10.2. The molecule has 20 heavy (non-hydrogen) atoms. The average Bonchev–Trinajstić information content (AvgIpc) is 2.83. The Kier molecular flexibility index (Phi) is 3.08. The Balaban J connectivity index is 2.11. The van der Waals surface area contributed by atoms with E-state index < -0.39 is 5.97 Å². The largest absolute Gasteiger partial charge is 0.481 e. The molecule has 7 heteroatoms. The molecule has 1 N–H and O–H groups in total. The van der Waals surface area contributed by atoms with E-state index in [0.29, 0.717) is 22.2 Å². The summed E-state index contributed by atoms with van der Waals surface area (Å²) in [6.45, 7) is 0. The summed E-state index contributed by atoms with van der Waals surface area (Å²) in [5.74, 6) is -0.954. The number of nitrogens with zero attached hydrogens (tertiary/aromatic N) is 4. The second-order valence-corrected chi connectivity index (χ2v) is 4.57. The monoisotopic (exact) mass is 288 g/mol. The highest BCUT2D eigenvalue weighted by molar-refractivity contribution is 6.29. The van der Waals surface area contributed by atoms with E-state index in [1.165, 1.54) is 10.6 Å². The van der Waals surface area contributed by atoms with Gasteiger partial charge in [0.1, 0.15) is 5.15 Å². The van der Waals surface area contributed by atoms with E-state index in [0.717, 1.165) is 5.56 Å². The van der Waals surface area contributed by atoms with Gasteiger partial charge in [0.15, 0.2) is 5.65 Å². The van der Waals surface area contributed by atoms with Crippen LogP contribution in [0.2, 0.25) is 5.15 Å². The van der Waals surface area contributed by atoms with Crippen molar-refractivity contribution in [3.63, 3.8) is 0 Å². The molecule has 0 saturated heterocycles. The standard InChI is InChI=1S/C13H9ClN4O2/c14-11-4-9(5-13(19)20)16-12-6-10(17-18(11)12)8-2-1-3-15-7-8/h1-4,6-7H,5H2,(H,19,20). The lowest BCUT2D eigenvalue weighted by Crippen LogP contribution is -2.04. The molecule has 3 heterocycles. The Morgan fingerprint density at radius 2 is 2.25 bits per heavy atom. The van der Waals surface area contributed by atoms with Gasteiger partial charge in [-0.1, -0.05) is 11.6 Å². The highest BCUT2D eigenvalue weighted by atomic mass is 35.5. The van der Waals surface area contributed by atoms with Crippen LogP contribution in [0.5, 0.6) is 0 Å². The SMILES string of the molecule is O=C(O)Cc1cc(Cl)n2nc(-c3cccnc3)cc2n1. The first-order chi connectivity index (χ1) is 9.63. The van der Waals surface area contributed by atoms with Crippen LogP contribution in [0.4, 0.5) is 0 Å². The summed E-state index contributed by atoms with van der Waals surface area (Å²) < 4.78 is 1.47. The van der Waals surface area contributed by atoms with E-state index in [-0.39, 0.29) is 6.42 Å². The van der Waals surface area contributed by atoms with Crippen molar-refractivity contribution < 1.29 is 9.90 Å². The lowest BCUT2D eigenvalue weighted by molar-refractivity contribution is -0.136. The van der Waals surface area contributed by atoms with Crippen LogP contribution in [0.15, 0.2) is 36.7 Å². The van der Waals surface area contributed by atoms with Gasteiger partial charge >= 0.3 is 5.97 Å². The van der Waals surface area contributed by atoms with Crippen LogP contribution in [0.3, 0.4) is 0 Å². The van der Waals surface area contributed by atoms with E-state index in [4.69, 9.17) is 16.7 Å². The van der Waals surface area contributed by atoms with E-state index >= 15 is 0 Å². The molecule has 3 rings (SSSR count). The highest BCUT2D eigenvalue weighted by Crippen LogP contribution is 2.21. The van der Waals surface area contributed by atoms with Crippen molar-refractivity contribution in [2.24, 2.45) is 0 Å². The predicted molar refractivity (Wildman–Crippen MR) is 72.6 cm³/mol. The quantitative estimate of drug-likeness (QED) is 0.746. The Labute approximate surface area is 118 Å². The third kappa shape index (κ3) is 2.33. The van der Waals surface area contributed by atoms with Crippen molar-refractivity contribution in [3.8, 4) is 11.3 Å². The number of halogens is 1. The molecule has 0 amide bonds. The normalized spacial score (nSPS) is 10.8. The summed E-state index contributed by atoms with van der Waals surface area (Å²) in [6.07, 6.45) is 3.19. The number of fused-ring (bicyclic) bond motifs is 1. The van der Waals surface area contributed by atoms with Crippen molar-refractivity contribution in [2.45, 2.75) is 6.42 Å². The third-order valence-corrected chi connectivity index (χ3v) is 3.00. The molecule has 0 spiro atoms. The number of pyridine rings is 1. The molecular formula is C13H9ClN4O2. The summed E-state index contributed by atoms with van der Waals surface area (Å²) >= 11 is 6.10. The molecule has 0 atom stereocenters. The summed E-state index contributed by atoms with van der Waals surface area (Å²) in [4.78, 5) is 19.0. The summed E-state index contributed by atoms with van der Waals surface area (Å²) in [5.41, 5.74) is 2.43. The van der Waals surface area contributed by atoms with Gasteiger partial charge in [-0.3, -0.25) is 9.78 Å². The van der Waals surface area contributed by atoms with Crippen LogP contribution in [0.25, 0.3) is 16.9 Å². The molecule has 0 aromatic carbocycles. The van der Waals surface area contributed by atoms with E-state index in [2.05, 4.69) is 15.1 Å². The van der Waals surface area contributed by atoms with Crippen LogP contribution in [0.1, 0.15) is 5.69 Å². The second kappa shape index (κ2) is 4.90. The van der Waals surface area contributed by atoms with Crippen LogP contribution >= 0.6 is 11.6 Å². The predicted octanol–water partition coefficient (Wildman–Crippen LogP) is 2.07. The van der Waals surface area contributed by atoms with Gasteiger partial charge in [0.2, 0.25) is 0 Å². The molecule has 0 aliphatic heterocycles. The second-order valence-electron chi connectivity index (χ2n) is 4.18. The van der Waals surface area contributed by atoms with Crippen LogP contribution in [-0.2, 0) is 11.2 Å². The molecule has 100 valence electrons. The number of carbonyl (C=O) groups is 1. The summed E-state index contributed by atoms with van der Waals surface area (Å²) in [5, 5.41) is 13.5. The first kappa shape index (κ1) is 12.6. The molecule has 0 fully saturated rings. The van der Waals surface area contributed by atoms with E-state index in [9.17, 15) is 4.79 Å². The maximum atomic E-state index is 10.7. The molecular weight excluding hydrogens is 280 g/mol. The van der Waals surface area contributed by atoms with Gasteiger partial charge in [-0.15, -0.1) is 0 Å². The number of aliphatic carboxylic acids is 1. The molecule has 3 aromatic rings. The number of rotatable bonds is 3. The topological polar surface area (TPSA) is 80.4 Å². The van der Waals surface area contributed by atoms with Gasteiger partial charge < -0.3 is 5.11 Å². The zero-order chi connectivity index (χ0) is 14.1. The van der Waals surface area contributed by atoms with E-state index in [1.807, 2.05) is 12.1 Å². The molecule has 0 saturated carbocycles. The smallest absolute Gasteiger partial charge is 0.309 e. The Bertz CT molecular complexity index is 786. The van der Waals surface area contributed by atoms with Crippen LogP contribution in [0, 0.1) is 0 Å². The number of aromatic nitrogens is 4. The molecule has 0 unspecified atom stereocenters. The zero-order valence-corrected chi connectivity index (χ0v) is 10.9. The fourth-order valence-electron chi connectivity index (χ4n) is 1.89. The first-order valence-corrected chi connectivity index (χ1v) is 6.18. The number of carboxylic acid groups (broad SMARTS) is 1. The van der Waals surface area contributed by atoms with Crippen molar-refractivity contribution >= 4 is 23.2 Å². The van der Waals surface area contributed by atoms with Gasteiger partial charge in [-0.25, -0.2) is 9.50 Å². The maximum Gasteiger partial charge on any atom is 0.309 e. The Morgan fingerprint density at radius 3 is 2.95 bits per heavy atom. The fourth-order valence-corrected chi connectivity index (χ4v) is 2.14. The molecule has 0 radical (unpaired) electrons. The zero-order valence-electron chi connectivity index (χ0n) is 10.2. The first-order valence-electron chi connectivity index (χ1n) is 5.81. The highest BCUT2D eigenvalue weighted by Gasteiger charge is 2.11. The number of hydrogen-bond acceptors (Lipinski definition) is 4. The van der Waals surface area contributed by atoms with Crippen molar-refractivity contribution in [1.29, 1.82) is 0 Å². The fraction of sp³-hybridized carbons (Fsp3) is 0.0769. The minimum Gasteiger partial charge on any atom is -0.481 e. The lowest BCUT2D eigenvalue weighted by Gasteiger charge is -2.00.